The molecule has 32 heavy (non-hydrogen) atoms. The second kappa shape index (κ2) is 10.7. The molecule has 166 valence electrons. The Kier molecular flexibility index (Phi) is 7.73. The number of allylic oxidation sites excluding steroid dienone is 1. The highest BCUT2D eigenvalue weighted by Crippen LogP contribution is 2.35. The zero-order valence-electron chi connectivity index (χ0n) is 18.1. The van der Waals surface area contributed by atoms with Crippen LogP contribution in [0.2, 0.25) is 5.02 Å². The minimum Gasteiger partial charge on any atom is -0.493 e. The molecule has 3 aromatic rings. The summed E-state index contributed by atoms with van der Waals surface area (Å²) in [5.74, 6) is 1.25. The largest absolute Gasteiger partial charge is 0.493 e. The van der Waals surface area contributed by atoms with E-state index in [-0.39, 0.29) is 12.3 Å². The molecule has 0 aromatic heterocycles. The maximum Gasteiger partial charge on any atom is 0.269 e. The van der Waals surface area contributed by atoms with Gasteiger partial charge in [-0.2, -0.15) is 0 Å². The fourth-order valence-corrected chi connectivity index (χ4v) is 3.40. The molecule has 0 heterocycles. The van der Waals surface area contributed by atoms with Gasteiger partial charge in [-0.1, -0.05) is 23.7 Å². The third kappa shape index (κ3) is 5.80. The van der Waals surface area contributed by atoms with E-state index < -0.39 is 4.92 Å². The summed E-state index contributed by atoms with van der Waals surface area (Å²) in [5.41, 5.74) is 4.80. The highest BCUT2D eigenvalue weighted by atomic mass is 35.5. The van der Waals surface area contributed by atoms with Gasteiger partial charge in [-0.05, 0) is 66.4 Å². The van der Waals surface area contributed by atoms with E-state index in [2.05, 4.69) is 18.0 Å². The van der Waals surface area contributed by atoms with Crippen LogP contribution in [0.5, 0.6) is 11.5 Å². The van der Waals surface area contributed by atoms with Gasteiger partial charge in [0.05, 0.1) is 12.0 Å². The Bertz CT molecular complexity index is 1110. The van der Waals surface area contributed by atoms with Crippen LogP contribution in [0.1, 0.15) is 22.3 Å². The minimum absolute atomic E-state index is 0.0467. The first kappa shape index (κ1) is 23.2. The molecule has 0 fully saturated rings. The standard InChI is InChI=1S/C25H25ClN2O4/c1-4-5-20-12-19(15-27-21-9-6-17(2)23(26)14-21)13-24(31-3)25(20)32-16-18-7-10-22(11-8-18)28(29)30/h4,6-14,27H,1,5,15-16H2,2-3H3. The van der Waals surface area contributed by atoms with E-state index >= 15 is 0 Å². The molecule has 0 bridgehead atoms. The van der Waals surface area contributed by atoms with E-state index in [4.69, 9.17) is 21.1 Å². The lowest BCUT2D eigenvalue weighted by molar-refractivity contribution is -0.384. The fraction of sp³-hybridized carbons (Fsp3) is 0.200. The molecule has 0 aliphatic carbocycles. The second-order valence-electron chi connectivity index (χ2n) is 7.31. The van der Waals surface area contributed by atoms with Crippen molar-refractivity contribution in [2.45, 2.75) is 26.5 Å². The van der Waals surface area contributed by atoms with Gasteiger partial charge in [-0.3, -0.25) is 10.1 Å². The molecule has 6 nitrogen and oxygen atoms in total. The van der Waals surface area contributed by atoms with Crippen LogP contribution in [-0.4, -0.2) is 12.0 Å². The number of methoxy groups -OCH3 is 1. The summed E-state index contributed by atoms with van der Waals surface area (Å²) in [7, 11) is 1.60. The average Bonchev–Trinajstić information content (AvgIpc) is 2.79. The highest BCUT2D eigenvalue weighted by molar-refractivity contribution is 6.31. The monoisotopic (exact) mass is 452 g/mol. The minimum atomic E-state index is -0.423. The Morgan fingerprint density at radius 2 is 1.88 bits per heavy atom. The number of hydrogen-bond acceptors (Lipinski definition) is 5. The number of benzene rings is 3. The van der Waals surface area contributed by atoms with Crippen LogP contribution in [0.25, 0.3) is 0 Å². The Morgan fingerprint density at radius 1 is 1.12 bits per heavy atom. The van der Waals surface area contributed by atoms with Gasteiger partial charge < -0.3 is 14.8 Å². The molecular weight excluding hydrogens is 428 g/mol. The molecule has 1 N–H and O–H groups in total. The molecule has 0 radical (unpaired) electrons. The van der Waals surface area contributed by atoms with Gasteiger partial charge in [-0.25, -0.2) is 0 Å². The fourth-order valence-electron chi connectivity index (χ4n) is 3.22. The second-order valence-corrected chi connectivity index (χ2v) is 7.72. The molecule has 0 aliphatic heterocycles. The number of halogens is 1. The number of hydrogen-bond donors (Lipinski definition) is 1. The van der Waals surface area contributed by atoms with Gasteiger partial charge in [0.2, 0.25) is 0 Å². The molecule has 0 aliphatic rings. The van der Waals surface area contributed by atoms with Crippen molar-refractivity contribution >= 4 is 23.0 Å². The van der Waals surface area contributed by atoms with E-state index in [1.807, 2.05) is 37.3 Å². The van der Waals surface area contributed by atoms with Crippen LogP contribution >= 0.6 is 11.6 Å². The van der Waals surface area contributed by atoms with Gasteiger partial charge in [0.1, 0.15) is 6.61 Å². The predicted octanol–water partition coefficient (Wildman–Crippen LogP) is 6.48. The van der Waals surface area contributed by atoms with Crippen LogP contribution in [0, 0.1) is 17.0 Å². The molecule has 0 unspecified atom stereocenters. The first-order valence-corrected chi connectivity index (χ1v) is 10.5. The number of aryl methyl sites for hydroxylation is 1. The molecule has 0 atom stereocenters. The lowest BCUT2D eigenvalue weighted by atomic mass is 10.0. The number of nitrogens with zero attached hydrogens (tertiary/aromatic N) is 1. The summed E-state index contributed by atoms with van der Waals surface area (Å²) < 4.78 is 11.7. The number of rotatable bonds is 10. The van der Waals surface area contributed by atoms with E-state index in [0.717, 1.165) is 33.0 Å². The summed E-state index contributed by atoms with van der Waals surface area (Å²) in [5, 5.41) is 14.9. The summed E-state index contributed by atoms with van der Waals surface area (Å²) in [6, 6.07) is 16.2. The number of anilines is 1. The molecular formula is C25H25ClN2O4. The van der Waals surface area contributed by atoms with E-state index in [1.165, 1.54) is 12.1 Å². The molecule has 0 saturated carbocycles. The molecule has 0 amide bonds. The van der Waals surface area contributed by atoms with Crippen molar-refractivity contribution in [3.63, 3.8) is 0 Å². The number of ether oxygens (including phenoxy) is 2. The normalized spacial score (nSPS) is 10.5. The number of nitro groups is 1. The number of nitro benzene ring substituents is 1. The SMILES string of the molecule is C=CCc1cc(CNc2ccc(C)c(Cl)c2)cc(OC)c1OCc1ccc([N+](=O)[O-])cc1. The van der Waals surface area contributed by atoms with E-state index in [0.29, 0.717) is 24.5 Å². The molecule has 3 aromatic carbocycles. The van der Waals surface area contributed by atoms with Crippen molar-refractivity contribution in [1.82, 2.24) is 0 Å². The quantitative estimate of drug-likeness (QED) is 0.216. The van der Waals surface area contributed by atoms with E-state index in [9.17, 15) is 10.1 Å². The average molecular weight is 453 g/mol. The Labute approximate surface area is 192 Å². The van der Waals surface area contributed by atoms with Crippen LogP contribution in [-0.2, 0) is 19.6 Å². The van der Waals surface area contributed by atoms with Crippen LogP contribution < -0.4 is 14.8 Å². The van der Waals surface area contributed by atoms with Gasteiger partial charge in [0.25, 0.3) is 5.69 Å². The molecule has 0 saturated heterocycles. The van der Waals surface area contributed by atoms with Crippen molar-refractivity contribution in [3.8, 4) is 11.5 Å². The van der Waals surface area contributed by atoms with Crippen LogP contribution in [0.15, 0.2) is 67.3 Å². The lowest BCUT2D eigenvalue weighted by Gasteiger charge is -2.17. The van der Waals surface area contributed by atoms with Gasteiger partial charge in [-0.15, -0.1) is 6.58 Å². The molecule has 0 spiro atoms. The maximum atomic E-state index is 10.8. The van der Waals surface area contributed by atoms with Gasteiger partial charge in [0.15, 0.2) is 11.5 Å². The van der Waals surface area contributed by atoms with Gasteiger partial charge >= 0.3 is 0 Å². The van der Waals surface area contributed by atoms with Crippen molar-refractivity contribution in [2.75, 3.05) is 12.4 Å². The number of nitrogens with one attached hydrogen (secondary N) is 1. The Hall–Kier alpha value is -3.51. The van der Waals surface area contributed by atoms with E-state index in [1.54, 1.807) is 19.2 Å². The van der Waals surface area contributed by atoms with Gasteiger partial charge in [0, 0.05) is 35.0 Å². The Balaban J connectivity index is 1.78. The van der Waals surface area contributed by atoms with Crippen molar-refractivity contribution in [2.24, 2.45) is 0 Å². The predicted molar refractivity (Wildman–Crippen MR) is 128 cm³/mol. The van der Waals surface area contributed by atoms with Crippen molar-refractivity contribution in [3.05, 3.63) is 105 Å². The zero-order valence-corrected chi connectivity index (χ0v) is 18.8. The van der Waals surface area contributed by atoms with Crippen molar-refractivity contribution in [1.29, 1.82) is 0 Å². The summed E-state index contributed by atoms with van der Waals surface area (Å²) in [4.78, 5) is 10.4. The summed E-state index contributed by atoms with van der Waals surface area (Å²) in [6.07, 6.45) is 2.42. The highest BCUT2D eigenvalue weighted by Gasteiger charge is 2.14. The third-order valence-electron chi connectivity index (χ3n) is 4.97. The topological polar surface area (TPSA) is 73.6 Å². The van der Waals surface area contributed by atoms with Crippen molar-refractivity contribution < 1.29 is 14.4 Å². The summed E-state index contributed by atoms with van der Waals surface area (Å²) in [6.45, 7) is 6.66. The first-order chi connectivity index (χ1) is 15.4. The molecule has 7 heteroatoms. The zero-order chi connectivity index (χ0) is 23.1. The lowest BCUT2D eigenvalue weighted by Crippen LogP contribution is -2.05. The maximum absolute atomic E-state index is 10.8. The van der Waals surface area contributed by atoms with Crippen LogP contribution in [0.4, 0.5) is 11.4 Å². The number of non-ortho nitro benzene ring substituents is 1. The Morgan fingerprint density at radius 3 is 2.50 bits per heavy atom. The third-order valence-corrected chi connectivity index (χ3v) is 5.38. The summed E-state index contributed by atoms with van der Waals surface area (Å²) >= 11 is 6.22. The molecule has 3 rings (SSSR count). The van der Waals surface area contributed by atoms with Crippen LogP contribution in [0.3, 0.4) is 0 Å². The first-order valence-electron chi connectivity index (χ1n) is 10.1. The smallest absolute Gasteiger partial charge is 0.269 e.